The molecule has 0 saturated heterocycles. The minimum absolute atomic E-state index is 0.0631. The molecule has 0 aliphatic heterocycles. The fraction of sp³-hybridized carbons (Fsp3) is 0.136. The number of nitrogens with one attached hydrogen (secondary N) is 1. The molecule has 0 fully saturated rings. The Balaban J connectivity index is 1.91. The van der Waals surface area contributed by atoms with Gasteiger partial charge in [0.05, 0.1) is 34.3 Å². The molecule has 0 aromatic heterocycles. The summed E-state index contributed by atoms with van der Waals surface area (Å²) < 4.78 is 32.9. The number of nitrogens with zero attached hydrogens (tertiary/aromatic N) is 1. The molecule has 0 unspecified atom stereocenters. The molecule has 6 nitrogen and oxygen atoms in total. The number of carbonyl (C=O) groups is 1. The molecule has 3 rings (SSSR count). The fourth-order valence-electron chi connectivity index (χ4n) is 2.94. The SMILES string of the molecule is COc1ccc(Cl)cc1NC(=O)CN(Cc1ccc(Cl)c(Cl)c1)S(=O)(=O)c1ccccc1. The van der Waals surface area contributed by atoms with Gasteiger partial charge in [-0.05, 0) is 48.0 Å². The van der Waals surface area contributed by atoms with Crippen molar-refractivity contribution in [3.05, 3.63) is 87.4 Å². The lowest BCUT2D eigenvalue weighted by molar-refractivity contribution is -0.116. The summed E-state index contributed by atoms with van der Waals surface area (Å²) in [7, 11) is -2.54. The Morgan fingerprint density at radius 2 is 1.69 bits per heavy atom. The minimum atomic E-state index is -3.99. The van der Waals surface area contributed by atoms with Crippen LogP contribution in [-0.4, -0.2) is 32.3 Å². The number of sulfonamides is 1. The molecule has 0 spiro atoms. The van der Waals surface area contributed by atoms with Crippen molar-refractivity contribution < 1.29 is 17.9 Å². The van der Waals surface area contributed by atoms with E-state index in [-0.39, 0.29) is 16.5 Å². The van der Waals surface area contributed by atoms with Crippen LogP contribution in [0.15, 0.2) is 71.6 Å². The largest absolute Gasteiger partial charge is 0.495 e. The fourth-order valence-corrected chi connectivity index (χ4v) is 4.84. The van der Waals surface area contributed by atoms with Gasteiger partial charge < -0.3 is 10.1 Å². The Hall–Kier alpha value is -2.29. The van der Waals surface area contributed by atoms with Crippen molar-refractivity contribution in [2.75, 3.05) is 19.0 Å². The summed E-state index contributed by atoms with van der Waals surface area (Å²) >= 11 is 18.1. The maximum absolute atomic E-state index is 13.3. The van der Waals surface area contributed by atoms with E-state index in [1.54, 1.807) is 48.5 Å². The van der Waals surface area contributed by atoms with E-state index in [2.05, 4.69) is 5.32 Å². The van der Waals surface area contributed by atoms with Gasteiger partial charge in [0.2, 0.25) is 15.9 Å². The maximum atomic E-state index is 13.3. The first-order valence-electron chi connectivity index (χ1n) is 9.33. The van der Waals surface area contributed by atoms with Gasteiger partial charge in [-0.1, -0.05) is 59.1 Å². The number of benzene rings is 3. The molecule has 3 aromatic carbocycles. The second-order valence-corrected chi connectivity index (χ2v) is 9.92. The number of hydrogen-bond acceptors (Lipinski definition) is 4. The zero-order chi connectivity index (χ0) is 23.3. The summed E-state index contributed by atoms with van der Waals surface area (Å²) in [6.07, 6.45) is 0. The Labute approximate surface area is 201 Å². The molecule has 0 heterocycles. The van der Waals surface area contributed by atoms with Crippen molar-refractivity contribution in [3.63, 3.8) is 0 Å². The van der Waals surface area contributed by atoms with Gasteiger partial charge >= 0.3 is 0 Å². The second kappa shape index (κ2) is 10.6. The third-order valence-electron chi connectivity index (χ3n) is 4.48. The van der Waals surface area contributed by atoms with Gasteiger partial charge in [0.15, 0.2) is 0 Å². The topological polar surface area (TPSA) is 75.7 Å². The molecule has 0 aliphatic carbocycles. The quantitative estimate of drug-likeness (QED) is 0.432. The van der Waals surface area contributed by atoms with E-state index in [0.29, 0.717) is 27.0 Å². The maximum Gasteiger partial charge on any atom is 0.243 e. The third kappa shape index (κ3) is 5.94. The van der Waals surface area contributed by atoms with Gasteiger partial charge in [0.25, 0.3) is 0 Å². The predicted molar refractivity (Wildman–Crippen MR) is 127 cm³/mol. The molecule has 3 aromatic rings. The summed E-state index contributed by atoms with van der Waals surface area (Å²) in [6.45, 7) is -0.540. The zero-order valence-corrected chi connectivity index (χ0v) is 20.0. The van der Waals surface area contributed by atoms with E-state index >= 15 is 0 Å². The van der Waals surface area contributed by atoms with Crippen LogP contribution in [-0.2, 0) is 21.4 Å². The summed E-state index contributed by atoms with van der Waals surface area (Å²) in [6, 6.07) is 17.4. The lowest BCUT2D eigenvalue weighted by Gasteiger charge is -2.22. The van der Waals surface area contributed by atoms with Gasteiger partial charge in [-0.15, -0.1) is 0 Å². The first-order valence-corrected chi connectivity index (χ1v) is 11.9. The standard InChI is InChI=1S/C22H19Cl3N2O4S/c1-31-21-10-8-16(23)12-20(21)26-22(28)14-27(13-15-7-9-18(24)19(25)11-15)32(29,30)17-5-3-2-4-6-17/h2-12H,13-14H2,1H3,(H,26,28). The van der Waals surface area contributed by atoms with Crippen molar-refractivity contribution in [1.29, 1.82) is 0 Å². The highest BCUT2D eigenvalue weighted by Gasteiger charge is 2.27. The van der Waals surface area contributed by atoms with Crippen LogP contribution in [0.1, 0.15) is 5.56 Å². The van der Waals surface area contributed by atoms with Crippen molar-refractivity contribution in [1.82, 2.24) is 4.31 Å². The molecule has 168 valence electrons. The highest BCUT2D eigenvalue weighted by atomic mass is 35.5. The van der Waals surface area contributed by atoms with Crippen LogP contribution >= 0.6 is 34.8 Å². The van der Waals surface area contributed by atoms with Crippen LogP contribution in [0.5, 0.6) is 5.75 Å². The number of anilines is 1. The van der Waals surface area contributed by atoms with E-state index in [1.807, 2.05) is 0 Å². The number of rotatable bonds is 8. The summed E-state index contributed by atoms with van der Waals surface area (Å²) in [5, 5.41) is 3.69. The van der Waals surface area contributed by atoms with Gasteiger partial charge in [0.1, 0.15) is 5.75 Å². The average Bonchev–Trinajstić information content (AvgIpc) is 2.76. The van der Waals surface area contributed by atoms with Gasteiger partial charge in [0, 0.05) is 11.6 Å². The van der Waals surface area contributed by atoms with Crippen molar-refractivity contribution in [2.24, 2.45) is 0 Å². The van der Waals surface area contributed by atoms with Crippen LogP contribution in [0.3, 0.4) is 0 Å². The first-order chi connectivity index (χ1) is 15.2. The smallest absolute Gasteiger partial charge is 0.243 e. The number of ether oxygens (including phenoxy) is 1. The van der Waals surface area contributed by atoms with Crippen LogP contribution < -0.4 is 10.1 Å². The minimum Gasteiger partial charge on any atom is -0.495 e. The predicted octanol–water partition coefficient (Wildman–Crippen LogP) is 5.49. The van der Waals surface area contributed by atoms with E-state index < -0.39 is 22.5 Å². The number of carbonyl (C=O) groups excluding carboxylic acids is 1. The third-order valence-corrected chi connectivity index (χ3v) is 7.26. The highest BCUT2D eigenvalue weighted by Crippen LogP contribution is 2.28. The molecular formula is C22H19Cl3N2O4S. The molecule has 0 aliphatic rings. The molecule has 32 heavy (non-hydrogen) atoms. The molecule has 0 saturated carbocycles. The van der Waals surface area contributed by atoms with Crippen molar-refractivity contribution in [3.8, 4) is 5.75 Å². The molecule has 0 atom stereocenters. The van der Waals surface area contributed by atoms with Crippen molar-refractivity contribution in [2.45, 2.75) is 11.4 Å². The van der Waals surface area contributed by atoms with E-state index in [1.165, 1.54) is 25.3 Å². The van der Waals surface area contributed by atoms with Crippen LogP contribution in [0, 0.1) is 0 Å². The highest BCUT2D eigenvalue weighted by molar-refractivity contribution is 7.89. The van der Waals surface area contributed by atoms with E-state index in [9.17, 15) is 13.2 Å². The normalized spacial score (nSPS) is 11.4. The Bertz CT molecular complexity index is 1220. The summed E-state index contributed by atoms with van der Waals surface area (Å²) in [5.74, 6) is -0.171. The van der Waals surface area contributed by atoms with E-state index in [0.717, 1.165) is 4.31 Å². The molecule has 1 amide bonds. The van der Waals surface area contributed by atoms with Gasteiger partial charge in [-0.25, -0.2) is 8.42 Å². The Kier molecular flexibility index (Phi) is 8.03. The van der Waals surface area contributed by atoms with Crippen LogP contribution in [0.4, 0.5) is 5.69 Å². The molecule has 1 N–H and O–H groups in total. The lowest BCUT2D eigenvalue weighted by atomic mass is 10.2. The van der Waals surface area contributed by atoms with Gasteiger partial charge in [-0.3, -0.25) is 4.79 Å². The number of hydrogen-bond donors (Lipinski definition) is 1. The zero-order valence-electron chi connectivity index (χ0n) is 16.9. The Morgan fingerprint density at radius 3 is 2.34 bits per heavy atom. The lowest BCUT2D eigenvalue weighted by Crippen LogP contribution is -2.37. The number of amides is 1. The first kappa shape index (κ1) is 24.4. The number of halogens is 3. The van der Waals surface area contributed by atoms with Gasteiger partial charge in [-0.2, -0.15) is 4.31 Å². The van der Waals surface area contributed by atoms with Crippen LogP contribution in [0.25, 0.3) is 0 Å². The second-order valence-electron chi connectivity index (χ2n) is 6.73. The Morgan fingerprint density at radius 1 is 0.969 bits per heavy atom. The average molecular weight is 514 g/mol. The monoisotopic (exact) mass is 512 g/mol. The summed E-state index contributed by atoms with van der Waals surface area (Å²) in [5.41, 5.74) is 0.906. The molecule has 0 radical (unpaired) electrons. The molecule has 10 heteroatoms. The number of methoxy groups -OCH3 is 1. The van der Waals surface area contributed by atoms with E-state index in [4.69, 9.17) is 39.5 Å². The molecule has 0 bridgehead atoms. The molecular weight excluding hydrogens is 495 g/mol. The van der Waals surface area contributed by atoms with Crippen LogP contribution in [0.2, 0.25) is 15.1 Å². The van der Waals surface area contributed by atoms with Crippen molar-refractivity contribution >= 4 is 56.4 Å². The summed E-state index contributed by atoms with van der Waals surface area (Å²) in [4.78, 5) is 12.9.